The van der Waals surface area contributed by atoms with Gasteiger partial charge in [0.1, 0.15) is 0 Å². The number of hydrogen-bond donors (Lipinski definition) is 0. The second kappa shape index (κ2) is 5.65. The fourth-order valence-electron chi connectivity index (χ4n) is 3.37. The van der Waals surface area contributed by atoms with Crippen molar-refractivity contribution in [1.82, 2.24) is 0 Å². The number of carbonyl (C=O) groups is 3. The molecule has 0 bridgehead atoms. The summed E-state index contributed by atoms with van der Waals surface area (Å²) in [5.41, 5.74) is 3.31. The summed E-state index contributed by atoms with van der Waals surface area (Å²) in [6.07, 6.45) is 1.30. The summed E-state index contributed by atoms with van der Waals surface area (Å²) in [6.45, 7) is 4.05. The Bertz CT molecular complexity index is 685. The Balaban J connectivity index is 1.89. The minimum atomic E-state index is -0.445. The molecule has 0 N–H and O–H groups in total. The molecule has 2 atom stereocenters. The fraction of sp³-hybridized carbons (Fsp3) is 0.389. The van der Waals surface area contributed by atoms with Gasteiger partial charge in [-0.15, -0.1) is 0 Å². The van der Waals surface area contributed by atoms with Crippen molar-refractivity contribution in [1.29, 1.82) is 0 Å². The first kappa shape index (κ1) is 15.5. The molecule has 0 unspecified atom stereocenters. The molecular formula is C18H19NO4. The van der Waals surface area contributed by atoms with Gasteiger partial charge in [-0.25, -0.2) is 4.79 Å². The van der Waals surface area contributed by atoms with Gasteiger partial charge >= 0.3 is 5.97 Å². The van der Waals surface area contributed by atoms with E-state index >= 15 is 0 Å². The van der Waals surface area contributed by atoms with Crippen LogP contribution in [-0.4, -0.2) is 24.9 Å². The minimum absolute atomic E-state index is 0.141. The van der Waals surface area contributed by atoms with Crippen molar-refractivity contribution in [2.24, 2.45) is 11.8 Å². The summed E-state index contributed by atoms with van der Waals surface area (Å²) in [6, 6.07) is 6.37. The van der Waals surface area contributed by atoms with Gasteiger partial charge in [0.25, 0.3) is 0 Å². The predicted octanol–water partition coefficient (Wildman–Crippen LogP) is 2.71. The topological polar surface area (TPSA) is 63.7 Å². The molecule has 0 aromatic heterocycles. The number of allylic oxidation sites excluding steroid dienone is 2. The van der Waals surface area contributed by atoms with E-state index in [0.717, 1.165) is 0 Å². The third kappa shape index (κ3) is 2.46. The summed E-state index contributed by atoms with van der Waals surface area (Å²) in [5, 5.41) is 0. The second-order valence-electron chi connectivity index (χ2n) is 6.23. The van der Waals surface area contributed by atoms with Crippen molar-refractivity contribution in [3.63, 3.8) is 0 Å². The van der Waals surface area contributed by atoms with Crippen LogP contribution in [0.25, 0.3) is 0 Å². The lowest BCUT2D eigenvalue weighted by atomic mass is 9.78. The molecular weight excluding hydrogens is 294 g/mol. The first-order valence-corrected chi connectivity index (χ1v) is 7.65. The van der Waals surface area contributed by atoms with Gasteiger partial charge in [0.05, 0.1) is 30.2 Å². The Kier molecular flexibility index (Phi) is 3.80. The number of rotatable bonds is 2. The van der Waals surface area contributed by atoms with Gasteiger partial charge in [0.2, 0.25) is 11.8 Å². The number of carbonyl (C=O) groups excluding carboxylic acids is 3. The molecule has 2 amide bonds. The SMILES string of the molecule is COC(=O)c1ccc(N2C(=O)[C@H]3CC(C)=C(C)C[C@@H]3C2=O)cc1. The lowest BCUT2D eigenvalue weighted by Crippen LogP contribution is -2.30. The van der Waals surface area contributed by atoms with E-state index in [1.807, 2.05) is 13.8 Å². The van der Waals surface area contributed by atoms with Crippen LogP contribution in [0.5, 0.6) is 0 Å². The van der Waals surface area contributed by atoms with Crippen LogP contribution in [0.2, 0.25) is 0 Å². The Morgan fingerprint density at radius 3 is 1.91 bits per heavy atom. The van der Waals surface area contributed by atoms with Crippen LogP contribution in [0.3, 0.4) is 0 Å². The molecule has 1 aliphatic heterocycles. The molecule has 5 nitrogen and oxygen atoms in total. The normalized spacial score (nSPS) is 24.0. The van der Waals surface area contributed by atoms with E-state index in [-0.39, 0.29) is 23.7 Å². The Morgan fingerprint density at radius 2 is 1.48 bits per heavy atom. The van der Waals surface area contributed by atoms with Gasteiger partial charge in [0.15, 0.2) is 0 Å². The second-order valence-corrected chi connectivity index (χ2v) is 6.23. The smallest absolute Gasteiger partial charge is 0.337 e. The molecule has 0 radical (unpaired) electrons. The number of esters is 1. The van der Waals surface area contributed by atoms with Crippen LogP contribution in [0, 0.1) is 11.8 Å². The summed E-state index contributed by atoms with van der Waals surface area (Å²) >= 11 is 0. The summed E-state index contributed by atoms with van der Waals surface area (Å²) in [5.74, 6) is -1.24. The molecule has 0 spiro atoms. The highest BCUT2D eigenvalue weighted by Crippen LogP contribution is 2.42. The third-order valence-corrected chi connectivity index (χ3v) is 4.89. The van der Waals surface area contributed by atoms with Gasteiger partial charge in [-0.05, 0) is 51.0 Å². The highest BCUT2D eigenvalue weighted by Gasteiger charge is 2.49. The molecule has 1 fully saturated rings. The Labute approximate surface area is 134 Å². The van der Waals surface area contributed by atoms with E-state index in [2.05, 4.69) is 4.74 Å². The van der Waals surface area contributed by atoms with Gasteiger partial charge in [0, 0.05) is 0 Å². The first-order valence-electron chi connectivity index (χ1n) is 7.65. The van der Waals surface area contributed by atoms with Gasteiger partial charge in [-0.1, -0.05) is 11.1 Å². The molecule has 2 aliphatic rings. The lowest BCUT2D eigenvalue weighted by Gasteiger charge is -2.23. The highest BCUT2D eigenvalue weighted by molar-refractivity contribution is 6.22. The number of fused-ring (bicyclic) bond motifs is 1. The van der Waals surface area contributed by atoms with Crippen LogP contribution in [0.15, 0.2) is 35.4 Å². The average Bonchev–Trinajstić information content (AvgIpc) is 2.78. The molecule has 0 saturated carbocycles. The number of nitrogens with zero attached hydrogens (tertiary/aromatic N) is 1. The Hall–Kier alpha value is -2.43. The number of amides is 2. The Morgan fingerprint density at radius 1 is 1.00 bits per heavy atom. The number of imide groups is 1. The quantitative estimate of drug-likeness (QED) is 0.478. The van der Waals surface area contributed by atoms with Crippen molar-refractivity contribution in [3.8, 4) is 0 Å². The predicted molar refractivity (Wildman–Crippen MR) is 84.9 cm³/mol. The van der Waals surface area contributed by atoms with Crippen molar-refractivity contribution < 1.29 is 19.1 Å². The van der Waals surface area contributed by atoms with E-state index in [4.69, 9.17) is 0 Å². The monoisotopic (exact) mass is 313 g/mol. The van der Waals surface area contributed by atoms with E-state index < -0.39 is 5.97 Å². The van der Waals surface area contributed by atoms with E-state index in [0.29, 0.717) is 24.1 Å². The maximum Gasteiger partial charge on any atom is 0.337 e. The van der Waals surface area contributed by atoms with E-state index in [9.17, 15) is 14.4 Å². The number of benzene rings is 1. The van der Waals surface area contributed by atoms with E-state index in [1.54, 1.807) is 24.3 Å². The zero-order valence-electron chi connectivity index (χ0n) is 13.5. The van der Waals surface area contributed by atoms with Gasteiger partial charge in [-0.3, -0.25) is 14.5 Å². The summed E-state index contributed by atoms with van der Waals surface area (Å²) < 4.78 is 4.65. The van der Waals surface area contributed by atoms with E-state index in [1.165, 1.54) is 23.2 Å². The molecule has 1 aliphatic carbocycles. The standard InChI is InChI=1S/C18H19NO4/c1-10-8-14-15(9-11(10)2)17(21)19(16(14)20)13-6-4-12(5-7-13)18(22)23-3/h4-7,14-15H,8-9H2,1-3H3/t14-,15-/m0/s1. The zero-order valence-corrected chi connectivity index (χ0v) is 13.5. The number of ether oxygens (including phenoxy) is 1. The van der Waals surface area contributed by atoms with Crippen LogP contribution in [0.4, 0.5) is 5.69 Å². The average molecular weight is 313 g/mol. The molecule has 3 rings (SSSR count). The molecule has 5 heteroatoms. The van der Waals surface area contributed by atoms with Crippen molar-refractivity contribution >= 4 is 23.5 Å². The molecule has 1 aromatic carbocycles. The highest BCUT2D eigenvalue weighted by atomic mass is 16.5. The van der Waals surface area contributed by atoms with Gasteiger partial charge in [-0.2, -0.15) is 0 Å². The molecule has 120 valence electrons. The van der Waals surface area contributed by atoms with Crippen LogP contribution >= 0.6 is 0 Å². The number of methoxy groups -OCH3 is 1. The number of hydrogen-bond acceptors (Lipinski definition) is 4. The number of anilines is 1. The van der Waals surface area contributed by atoms with Crippen LogP contribution in [-0.2, 0) is 14.3 Å². The summed E-state index contributed by atoms with van der Waals surface area (Å²) in [7, 11) is 1.31. The third-order valence-electron chi connectivity index (χ3n) is 4.89. The lowest BCUT2D eigenvalue weighted by molar-refractivity contribution is -0.122. The van der Waals surface area contributed by atoms with Crippen molar-refractivity contribution in [2.45, 2.75) is 26.7 Å². The molecule has 23 heavy (non-hydrogen) atoms. The van der Waals surface area contributed by atoms with Crippen LogP contribution < -0.4 is 4.90 Å². The van der Waals surface area contributed by atoms with Gasteiger partial charge < -0.3 is 4.74 Å². The van der Waals surface area contributed by atoms with Crippen molar-refractivity contribution in [3.05, 3.63) is 41.0 Å². The largest absolute Gasteiger partial charge is 0.465 e. The zero-order chi connectivity index (χ0) is 16.7. The van der Waals surface area contributed by atoms with Crippen LogP contribution in [0.1, 0.15) is 37.0 Å². The first-order chi connectivity index (χ1) is 10.9. The molecule has 1 aromatic rings. The van der Waals surface area contributed by atoms with Crippen molar-refractivity contribution in [2.75, 3.05) is 12.0 Å². The summed E-state index contributed by atoms with van der Waals surface area (Å²) in [4.78, 5) is 38.1. The molecule has 1 heterocycles. The molecule has 1 saturated heterocycles. The minimum Gasteiger partial charge on any atom is -0.465 e. The maximum absolute atomic E-state index is 12.7. The fourth-order valence-corrected chi connectivity index (χ4v) is 3.37. The maximum atomic E-state index is 12.7.